The average molecular weight is 180 g/mol. The van der Waals surface area contributed by atoms with Crippen LogP contribution < -0.4 is 5.32 Å². The molecule has 11 heavy (non-hydrogen) atoms. The van der Waals surface area contributed by atoms with E-state index >= 15 is 0 Å². The van der Waals surface area contributed by atoms with Crippen molar-refractivity contribution in [3.63, 3.8) is 0 Å². The third-order valence-electron chi connectivity index (χ3n) is 2.30. The number of piperidine rings is 1. The van der Waals surface area contributed by atoms with Gasteiger partial charge in [-0.05, 0) is 39.2 Å². The van der Waals surface area contributed by atoms with Crippen LogP contribution in [0.15, 0.2) is 0 Å². The highest BCUT2D eigenvalue weighted by Crippen LogP contribution is 2.22. The van der Waals surface area contributed by atoms with Crippen molar-refractivity contribution < 1.29 is 5.11 Å². The van der Waals surface area contributed by atoms with Crippen molar-refractivity contribution in [1.29, 1.82) is 0 Å². The Hall–Kier alpha value is 0.210. The second-order valence-corrected chi connectivity index (χ2v) is 3.70. The van der Waals surface area contributed by atoms with Gasteiger partial charge in [-0.1, -0.05) is 0 Å². The van der Waals surface area contributed by atoms with Crippen LogP contribution in [0.2, 0.25) is 0 Å². The number of halogens is 1. The number of hydrogen-bond acceptors (Lipinski definition) is 2. The molecule has 1 fully saturated rings. The van der Waals surface area contributed by atoms with Gasteiger partial charge >= 0.3 is 0 Å². The molecule has 0 aliphatic carbocycles. The van der Waals surface area contributed by atoms with E-state index in [2.05, 4.69) is 5.32 Å². The summed E-state index contributed by atoms with van der Waals surface area (Å²) in [6.07, 6.45) is 2.37. The Morgan fingerprint density at radius 2 is 2.09 bits per heavy atom. The number of rotatable bonds is 1. The molecule has 0 amide bonds. The van der Waals surface area contributed by atoms with Crippen molar-refractivity contribution in [3.8, 4) is 0 Å². The highest BCUT2D eigenvalue weighted by Gasteiger charge is 2.27. The third kappa shape index (κ3) is 3.41. The molecule has 1 aliphatic rings. The van der Waals surface area contributed by atoms with Crippen LogP contribution in [0, 0.1) is 5.92 Å². The molecule has 1 rings (SSSR count). The summed E-state index contributed by atoms with van der Waals surface area (Å²) in [6.45, 7) is 5.88. The number of aliphatic hydroxyl groups is 1. The molecule has 0 radical (unpaired) electrons. The highest BCUT2D eigenvalue weighted by atomic mass is 35.5. The molecule has 68 valence electrons. The zero-order chi connectivity index (χ0) is 7.61. The smallest absolute Gasteiger partial charge is 0.0631 e. The molecule has 0 spiro atoms. The normalized spacial score (nSPS) is 25.9. The summed E-state index contributed by atoms with van der Waals surface area (Å²) in [5.41, 5.74) is -0.493. The maximum atomic E-state index is 9.60. The molecule has 0 saturated carbocycles. The summed E-state index contributed by atoms with van der Waals surface area (Å²) in [4.78, 5) is 0. The van der Waals surface area contributed by atoms with E-state index in [9.17, 15) is 5.11 Å². The monoisotopic (exact) mass is 179 g/mol. The molecular weight excluding hydrogens is 162 g/mol. The first-order chi connectivity index (χ1) is 4.61. The van der Waals surface area contributed by atoms with Gasteiger partial charge in [0.1, 0.15) is 0 Å². The van der Waals surface area contributed by atoms with Gasteiger partial charge in [0.15, 0.2) is 0 Å². The first-order valence-corrected chi connectivity index (χ1v) is 4.04. The van der Waals surface area contributed by atoms with E-state index in [4.69, 9.17) is 0 Å². The Kier molecular flexibility index (Phi) is 4.37. The Bertz CT molecular complexity index is 105. The van der Waals surface area contributed by atoms with Gasteiger partial charge in [0, 0.05) is 6.54 Å². The van der Waals surface area contributed by atoms with E-state index < -0.39 is 5.60 Å². The summed E-state index contributed by atoms with van der Waals surface area (Å²) in [6, 6.07) is 0. The second kappa shape index (κ2) is 4.29. The van der Waals surface area contributed by atoms with E-state index in [1.807, 2.05) is 13.8 Å². The lowest BCUT2D eigenvalue weighted by Gasteiger charge is -2.32. The summed E-state index contributed by atoms with van der Waals surface area (Å²) in [5.74, 6) is 0.446. The lowest BCUT2D eigenvalue weighted by atomic mass is 9.85. The predicted octanol–water partition coefficient (Wildman–Crippen LogP) is 1.18. The molecule has 0 aromatic carbocycles. The van der Waals surface area contributed by atoms with Crippen molar-refractivity contribution in [2.75, 3.05) is 13.1 Å². The average Bonchev–Trinajstić information content (AvgIpc) is 1.88. The summed E-state index contributed by atoms with van der Waals surface area (Å²) in [5, 5.41) is 12.9. The summed E-state index contributed by atoms with van der Waals surface area (Å²) in [7, 11) is 0. The number of hydrogen-bond donors (Lipinski definition) is 2. The van der Waals surface area contributed by atoms with Gasteiger partial charge in [0.2, 0.25) is 0 Å². The molecule has 0 bridgehead atoms. The topological polar surface area (TPSA) is 32.3 Å². The minimum Gasteiger partial charge on any atom is -0.390 e. The van der Waals surface area contributed by atoms with Crippen molar-refractivity contribution in [1.82, 2.24) is 5.32 Å². The molecular formula is C8H18ClNO. The first-order valence-electron chi connectivity index (χ1n) is 4.04. The van der Waals surface area contributed by atoms with E-state index in [0.717, 1.165) is 19.5 Å². The summed E-state index contributed by atoms with van der Waals surface area (Å²) >= 11 is 0. The van der Waals surface area contributed by atoms with Crippen LogP contribution in [-0.4, -0.2) is 23.8 Å². The number of nitrogens with one attached hydrogen (secondary N) is 1. The second-order valence-electron chi connectivity index (χ2n) is 3.70. The van der Waals surface area contributed by atoms with Gasteiger partial charge in [-0.2, -0.15) is 0 Å². The molecule has 1 atom stereocenters. The van der Waals surface area contributed by atoms with Gasteiger partial charge in [0.25, 0.3) is 0 Å². The molecule has 3 heteroatoms. The molecule has 0 aromatic heterocycles. The van der Waals surface area contributed by atoms with Gasteiger partial charge in [-0.3, -0.25) is 0 Å². The Labute approximate surface area is 74.8 Å². The Morgan fingerprint density at radius 1 is 1.45 bits per heavy atom. The van der Waals surface area contributed by atoms with Crippen LogP contribution in [0.1, 0.15) is 26.7 Å². The molecule has 1 heterocycles. The van der Waals surface area contributed by atoms with Crippen LogP contribution in [-0.2, 0) is 0 Å². The Balaban J connectivity index is 0.000001000. The molecule has 0 aromatic rings. The van der Waals surface area contributed by atoms with E-state index in [0.29, 0.717) is 5.92 Å². The van der Waals surface area contributed by atoms with E-state index in [-0.39, 0.29) is 12.4 Å². The minimum absolute atomic E-state index is 0. The fourth-order valence-electron chi connectivity index (χ4n) is 1.45. The van der Waals surface area contributed by atoms with Gasteiger partial charge in [-0.25, -0.2) is 0 Å². The van der Waals surface area contributed by atoms with Crippen molar-refractivity contribution in [3.05, 3.63) is 0 Å². The molecule has 0 unspecified atom stereocenters. The molecule has 2 nitrogen and oxygen atoms in total. The molecule has 1 aliphatic heterocycles. The Morgan fingerprint density at radius 3 is 2.36 bits per heavy atom. The van der Waals surface area contributed by atoms with E-state index in [1.54, 1.807) is 0 Å². The van der Waals surface area contributed by atoms with Crippen LogP contribution in [0.5, 0.6) is 0 Å². The maximum absolute atomic E-state index is 9.60. The van der Waals surface area contributed by atoms with Crippen LogP contribution >= 0.6 is 12.4 Å². The SMILES string of the molecule is CC(C)(O)[C@@H]1CCCNC1.Cl. The molecule has 1 saturated heterocycles. The lowest BCUT2D eigenvalue weighted by Crippen LogP contribution is -2.42. The largest absolute Gasteiger partial charge is 0.390 e. The zero-order valence-corrected chi connectivity index (χ0v) is 8.08. The van der Waals surface area contributed by atoms with Crippen molar-refractivity contribution in [2.24, 2.45) is 5.92 Å². The van der Waals surface area contributed by atoms with Gasteiger partial charge in [-0.15, -0.1) is 12.4 Å². The van der Waals surface area contributed by atoms with Gasteiger partial charge < -0.3 is 10.4 Å². The highest BCUT2D eigenvalue weighted by molar-refractivity contribution is 5.85. The fourth-order valence-corrected chi connectivity index (χ4v) is 1.45. The fraction of sp³-hybridized carbons (Fsp3) is 1.00. The first kappa shape index (κ1) is 11.2. The van der Waals surface area contributed by atoms with Crippen molar-refractivity contribution >= 4 is 12.4 Å². The van der Waals surface area contributed by atoms with Crippen LogP contribution in [0.25, 0.3) is 0 Å². The van der Waals surface area contributed by atoms with E-state index in [1.165, 1.54) is 6.42 Å². The molecule has 2 N–H and O–H groups in total. The maximum Gasteiger partial charge on any atom is 0.0631 e. The minimum atomic E-state index is -0.493. The third-order valence-corrected chi connectivity index (χ3v) is 2.30. The lowest BCUT2D eigenvalue weighted by molar-refractivity contribution is 0.00686. The van der Waals surface area contributed by atoms with Gasteiger partial charge in [0.05, 0.1) is 5.60 Å². The van der Waals surface area contributed by atoms with Crippen LogP contribution in [0.4, 0.5) is 0 Å². The van der Waals surface area contributed by atoms with Crippen LogP contribution in [0.3, 0.4) is 0 Å². The summed E-state index contributed by atoms with van der Waals surface area (Å²) < 4.78 is 0. The standard InChI is InChI=1S/C8H17NO.ClH/c1-8(2,10)7-4-3-5-9-6-7;/h7,9-10H,3-6H2,1-2H3;1H/t7-;/m1./s1. The predicted molar refractivity (Wildman–Crippen MR) is 49.1 cm³/mol. The van der Waals surface area contributed by atoms with Crippen molar-refractivity contribution in [2.45, 2.75) is 32.3 Å². The quantitative estimate of drug-likeness (QED) is 0.634. The zero-order valence-electron chi connectivity index (χ0n) is 7.26.